The lowest BCUT2D eigenvalue weighted by Crippen LogP contribution is -2.21. The SMILES string of the molecule is CC(C)(C)CC(C(=O)O)c1cc(OC(F)(F)F)ccc1N. The van der Waals surface area contributed by atoms with Crippen molar-refractivity contribution < 1.29 is 27.8 Å². The van der Waals surface area contributed by atoms with E-state index in [4.69, 9.17) is 5.73 Å². The van der Waals surface area contributed by atoms with Gasteiger partial charge in [-0.25, -0.2) is 0 Å². The van der Waals surface area contributed by atoms with Gasteiger partial charge in [-0.3, -0.25) is 4.79 Å². The minimum Gasteiger partial charge on any atom is -0.481 e. The number of nitrogen functional groups attached to an aromatic ring is 1. The number of carboxylic acid groups (broad SMARTS) is 1. The van der Waals surface area contributed by atoms with E-state index in [0.717, 1.165) is 12.1 Å². The maximum atomic E-state index is 12.2. The van der Waals surface area contributed by atoms with Crippen LogP contribution >= 0.6 is 0 Å². The summed E-state index contributed by atoms with van der Waals surface area (Å²) in [5.74, 6) is -2.62. The number of rotatable bonds is 4. The Balaban J connectivity index is 3.18. The first kappa shape index (κ1) is 17.1. The van der Waals surface area contributed by atoms with Crippen LogP contribution in [-0.4, -0.2) is 17.4 Å². The van der Waals surface area contributed by atoms with E-state index in [-0.39, 0.29) is 23.1 Å². The van der Waals surface area contributed by atoms with Crippen LogP contribution < -0.4 is 10.5 Å². The van der Waals surface area contributed by atoms with Gasteiger partial charge in [0.2, 0.25) is 0 Å². The summed E-state index contributed by atoms with van der Waals surface area (Å²) in [6, 6.07) is 3.31. The van der Waals surface area contributed by atoms with Gasteiger partial charge in [0.15, 0.2) is 0 Å². The zero-order valence-corrected chi connectivity index (χ0v) is 12.0. The molecule has 1 atom stereocenters. The lowest BCUT2D eigenvalue weighted by molar-refractivity contribution is -0.274. The Hall–Kier alpha value is -1.92. The van der Waals surface area contributed by atoms with Crippen LogP contribution in [0.5, 0.6) is 5.75 Å². The van der Waals surface area contributed by atoms with Gasteiger partial charge in [0.05, 0.1) is 5.92 Å². The molecule has 1 aromatic rings. The lowest BCUT2D eigenvalue weighted by Gasteiger charge is -2.24. The highest BCUT2D eigenvalue weighted by atomic mass is 19.4. The van der Waals surface area contributed by atoms with Gasteiger partial charge < -0.3 is 15.6 Å². The third-order valence-electron chi connectivity index (χ3n) is 2.78. The summed E-state index contributed by atoms with van der Waals surface area (Å²) in [6.45, 7) is 5.53. The van der Waals surface area contributed by atoms with Gasteiger partial charge in [-0.1, -0.05) is 20.8 Å². The number of halogens is 3. The molecule has 0 aliphatic rings. The molecule has 0 heterocycles. The monoisotopic (exact) mass is 305 g/mol. The second-order valence-electron chi connectivity index (χ2n) is 5.99. The van der Waals surface area contributed by atoms with Crippen LogP contribution in [0.3, 0.4) is 0 Å². The number of benzene rings is 1. The molecule has 0 bridgehead atoms. The third-order valence-corrected chi connectivity index (χ3v) is 2.78. The predicted octanol–water partition coefficient (Wildman–Crippen LogP) is 3.77. The Morgan fingerprint density at radius 3 is 2.33 bits per heavy atom. The largest absolute Gasteiger partial charge is 0.573 e. The maximum absolute atomic E-state index is 12.2. The fourth-order valence-electron chi connectivity index (χ4n) is 1.99. The summed E-state index contributed by atoms with van der Waals surface area (Å²) in [4.78, 5) is 11.4. The first-order chi connectivity index (χ1) is 9.39. The summed E-state index contributed by atoms with van der Waals surface area (Å²) in [6.07, 6.45) is -4.60. The number of hydrogen-bond acceptors (Lipinski definition) is 3. The van der Waals surface area contributed by atoms with E-state index in [9.17, 15) is 23.1 Å². The van der Waals surface area contributed by atoms with Crippen molar-refractivity contribution >= 4 is 11.7 Å². The summed E-state index contributed by atoms with van der Waals surface area (Å²) >= 11 is 0. The molecule has 1 rings (SSSR count). The summed E-state index contributed by atoms with van der Waals surface area (Å²) in [5, 5.41) is 9.32. The summed E-state index contributed by atoms with van der Waals surface area (Å²) in [7, 11) is 0. The normalized spacial score (nSPS) is 13.8. The third kappa shape index (κ3) is 5.53. The number of nitrogens with two attached hydrogens (primary N) is 1. The van der Waals surface area contributed by atoms with Crippen molar-refractivity contribution in [3.05, 3.63) is 23.8 Å². The molecule has 21 heavy (non-hydrogen) atoms. The van der Waals surface area contributed by atoms with Gasteiger partial charge >= 0.3 is 12.3 Å². The number of carboxylic acids is 1. The van der Waals surface area contributed by atoms with E-state index in [2.05, 4.69) is 4.74 Å². The molecule has 0 radical (unpaired) electrons. The fourth-order valence-corrected chi connectivity index (χ4v) is 1.99. The van der Waals surface area contributed by atoms with E-state index in [1.54, 1.807) is 0 Å². The second kappa shape index (κ2) is 5.83. The number of carbonyl (C=O) groups is 1. The van der Waals surface area contributed by atoms with Crippen molar-refractivity contribution in [1.29, 1.82) is 0 Å². The van der Waals surface area contributed by atoms with Crippen molar-refractivity contribution in [2.75, 3.05) is 5.73 Å². The first-order valence-corrected chi connectivity index (χ1v) is 6.27. The van der Waals surface area contributed by atoms with Crippen LogP contribution in [0.1, 0.15) is 38.7 Å². The topological polar surface area (TPSA) is 72.5 Å². The molecule has 4 nitrogen and oxygen atoms in total. The second-order valence-corrected chi connectivity index (χ2v) is 5.99. The molecule has 0 fully saturated rings. The maximum Gasteiger partial charge on any atom is 0.573 e. The fraction of sp³-hybridized carbons (Fsp3) is 0.500. The number of aliphatic carboxylic acids is 1. The number of anilines is 1. The van der Waals surface area contributed by atoms with E-state index in [1.165, 1.54) is 6.07 Å². The smallest absolute Gasteiger partial charge is 0.481 e. The lowest BCUT2D eigenvalue weighted by atomic mass is 9.81. The standard InChI is InChI=1S/C14H18F3NO3/c1-13(2,3)7-10(12(19)20)9-6-8(4-5-11(9)18)21-14(15,16)17/h4-6,10H,7,18H2,1-3H3,(H,19,20). The molecule has 0 spiro atoms. The van der Waals surface area contributed by atoms with Crippen molar-refractivity contribution in [3.8, 4) is 5.75 Å². The average molecular weight is 305 g/mol. The summed E-state index contributed by atoms with van der Waals surface area (Å²) in [5.41, 5.74) is 5.64. The molecule has 1 unspecified atom stereocenters. The molecule has 7 heteroatoms. The van der Waals surface area contributed by atoms with Crippen molar-refractivity contribution in [3.63, 3.8) is 0 Å². The van der Waals surface area contributed by atoms with Crippen LogP contribution in [0.4, 0.5) is 18.9 Å². The molecule has 0 saturated carbocycles. The van der Waals surface area contributed by atoms with Crippen molar-refractivity contribution in [2.24, 2.45) is 5.41 Å². The van der Waals surface area contributed by atoms with Gasteiger partial charge in [-0.05, 0) is 35.6 Å². The first-order valence-electron chi connectivity index (χ1n) is 6.27. The Bertz CT molecular complexity index is 521. The molecule has 1 aromatic carbocycles. The predicted molar refractivity (Wildman–Crippen MR) is 72.0 cm³/mol. The average Bonchev–Trinajstić information content (AvgIpc) is 2.25. The molecular weight excluding hydrogens is 287 g/mol. The highest BCUT2D eigenvalue weighted by Gasteiger charge is 2.33. The van der Waals surface area contributed by atoms with E-state index >= 15 is 0 Å². The highest BCUT2D eigenvalue weighted by molar-refractivity contribution is 5.79. The molecule has 3 N–H and O–H groups in total. The van der Waals surface area contributed by atoms with Crippen molar-refractivity contribution in [2.45, 2.75) is 39.5 Å². The number of alkyl halides is 3. The van der Waals surface area contributed by atoms with E-state index in [1.807, 2.05) is 20.8 Å². The van der Waals surface area contributed by atoms with Gasteiger partial charge in [0, 0.05) is 5.69 Å². The number of ether oxygens (including phenoxy) is 1. The zero-order chi connectivity index (χ0) is 16.4. The Kier molecular flexibility index (Phi) is 4.76. The van der Waals surface area contributed by atoms with E-state index < -0.39 is 24.0 Å². The highest BCUT2D eigenvalue weighted by Crippen LogP contribution is 2.36. The molecular formula is C14H18F3NO3. The zero-order valence-electron chi connectivity index (χ0n) is 12.0. The molecule has 0 aliphatic carbocycles. The van der Waals surface area contributed by atoms with Crippen molar-refractivity contribution in [1.82, 2.24) is 0 Å². The Morgan fingerprint density at radius 2 is 1.90 bits per heavy atom. The molecule has 0 saturated heterocycles. The van der Waals surface area contributed by atoms with Gasteiger partial charge in [0.1, 0.15) is 5.75 Å². The van der Waals surface area contributed by atoms with Gasteiger partial charge in [0.25, 0.3) is 0 Å². The van der Waals surface area contributed by atoms with Crippen LogP contribution in [0.25, 0.3) is 0 Å². The molecule has 0 aromatic heterocycles. The number of hydrogen-bond donors (Lipinski definition) is 2. The Morgan fingerprint density at radius 1 is 1.33 bits per heavy atom. The minimum atomic E-state index is -4.84. The molecule has 0 amide bonds. The van der Waals surface area contributed by atoms with Gasteiger partial charge in [-0.2, -0.15) is 0 Å². The van der Waals surface area contributed by atoms with Crippen LogP contribution in [0, 0.1) is 5.41 Å². The molecule has 0 aliphatic heterocycles. The van der Waals surface area contributed by atoms with Crippen LogP contribution in [-0.2, 0) is 4.79 Å². The van der Waals surface area contributed by atoms with Gasteiger partial charge in [-0.15, -0.1) is 13.2 Å². The van der Waals surface area contributed by atoms with Crippen LogP contribution in [0.15, 0.2) is 18.2 Å². The summed E-state index contributed by atoms with van der Waals surface area (Å²) < 4.78 is 40.5. The Labute approximate surface area is 120 Å². The van der Waals surface area contributed by atoms with Crippen LogP contribution in [0.2, 0.25) is 0 Å². The minimum absolute atomic E-state index is 0.124. The molecule has 118 valence electrons. The quantitative estimate of drug-likeness (QED) is 0.830. The van der Waals surface area contributed by atoms with E-state index in [0.29, 0.717) is 0 Å².